The van der Waals surface area contributed by atoms with Crippen LogP contribution < -0.4 is 10.2 Å². The largest absolute Gasteiger partial charge is 0.319 e. The first kappa shape index (κ1) is 17.2. The highest BCUT2D eigenvalue weighted by Gasteiger charge is 2.35. The number of nitrogens with one attached hydrogen (secondary N) is 1. The van der Waals surface area contributed by atoms with E-state index in [0.29, 0.717) is 22.8 Å². The minimum atomic E-state index is -0.260. The number of amides is 2. The molecule has 0 unspecified atom stereocenters. The zero-order valence-electron chi connectivity index (χ0n) is 15.2. The topological polar surface area (TPSA) is 70.5 Å². The fourth-order valence-electron chi connectivity index (χ4n) is 3.07. The molecule has 7 heteroatoms. The average molecular weight is 341 g/mol. The van der Waals surface area contributed by atoms with Crippen LogP contribution in [-0.2, 0) is 11.8 Å². The van der Waals surface area contributed by atoms with Crippen LogP contribution in [0.5, 0.6) is 0 Å². The Kier molecular flexibility index (Phi) is 4.34. The number of nitrogens with zero attached hydrogens (tertiary/aromatic N) is 4. The first-order chi connectivity index (χ1) is 11.8. The van der Waals surface area contributed by atoms with Crippen LogP contribution in [0, 0.1) is 0 Å². The van der Waals surface area contributed by atoms with Gasteiger partial charge in [-0.1, -0.05) is 26.0 Å². The first-order valence-electron chi connectivity index (χ1n) is 8.26. The van der Waals surface area contributed by atoms with E-state index in [-0.39, 0.29) is 24.3 Å². The van der Waals surface area contributed by atoms with Crippen LogP contribution in [0.4, 0.5) is 17.1 Å². The minimum absolute atomic E-state index is 0.0719. The van der Waals surface area contributed by atoms with Crippen molar-refractivity contribution in [2.75, 3.05) is 30.9 Å². The maximum Gasteiger partial charge on any atom is 0.276 e. The fourth-order valence-corrected chi connectivity index (χ4v) is 3.07. The van der Waals surface area contributed by atoms with E-state index in [1.165, 1.54) is 0 Å². The standard InChI is InChI=1S/C18H23N5O2/c1-11(2)15-16-17(22(5)20-15)18(25)19-12-8-6-7-9-13(12)23(16)14(24)10-21(3)4/h6-9,11H,10H2,1-5H3,(H,19,25). The van der Waals surface area contributed by atoms with Crippen molar-refractivity contribution in [3.63, 3.8) is 0 Å². The first-order valence-corrected chi connectivity index (χ1v) is 8.26. The van der Waals surface area contributed by atoms with Crippen molar-refractivity contribution in [1.82, 2.24) is 14.7 Å². The zero-order chi connectivity index (χ0) is 18.3. The third-order valence-electron chi connectivity index (χ3n) is 4.13. The third kappa shape index (κ3) is 2.91. The lowest BCUT2D eigenvalue weighted by molar-refractivity contribution is -0.118. The Morgan fingerprint density at radius 2 is 1.96 bits per heavy atom. The molecule has 2 amide bonds. The fraction of sp³-hybridized carbons (Fsp3) is 0.389. The molecule has 0 atom stereocenters. The van der Waals surface area contributed by atoms with Gasteiger partial charge in [0.05, 0.1) is 23.6 Å². The van der Waals surface area contributed by atoms with Crippen molar-refractivity contribution in [3.8, 4) is 0 Å². The second-order valence-electron chi connectivity index (χ2n) is 6.80. The highest BCUT2D eigenvalue weighted by atomic mass is 16.2. The van der Waals surface area contributed by atoms with Crippen molar-refractivity contribution >= 4 is 28.9 Å². The summed E-state index contributed by atoms with van der Waals surface area (Å²) in [6, 6.07) is 7.34. The summed E-state index contributed by atoms with van der Waals surface area (Å²) in [6.45, 7) is 4.24. The van der Waals surface area contributed by atoms with Crippen LogP contribution in [0.15, 0.2) is 24.3 Å². The summed E-state index contributed by atoms with van der Waals surface area (Å²) < 4.78 is 1.56. The summed E-state index contributed by atoms with van der Waals surface area (Å²) in [5.41, 5.74) is 2.98. The number of para-hydroxylation sites is 2. The average Bonchev–Trinajstić information content (AvgIpc) is 2.79. The predicted octanol–water partition coefficient (Wildman–Crippen LogP) is 2.34. The molecule has 1 aromatic carbocycles. The number of carbonyl (C=O) groups excluding carboxylic acids is 2. The molecule has 0 radical (unpaired) electrons. The highest BCUT2D eigenvalue weighted by Crippen LogP contribution is 2.41. The molecule has 25 heavy (non-hydrogen) atoms. The molecule has 0 saturated heterocycles. The van der Waals surface area contributed by atoms with E-state index in [9.17, 15) is 9.59 Å². The van der Waals surface area contributed by atoms with Gasteiger partial charge >= 0.3 is 0 Å². The van der Waals surface area contributed by atoms with Crippen LogP contribution in [0.25, 0.3) is 0 Å². The quantitative estimate of drug-likeness (QED) is 0.930. The Labute approximate surface area is 147 Å². The summed E-state index contributed by atoms with van der Waals surface area (Å²) in [5.74, 6) is -0.294. The number of carbonyl (C=O) groups is 2. The van der Waals surface area contributed by atoms with Gasteiger partial charge in [-0.3, -0.25) is 19.2 Å². The lowest BCUT2D eigenvalue weighted by atomic mass is 10.1. The van der Waals surface area contributed by atoms with Gasteiger partial charge in [0.2, 0.25) is 5.91 Å². The Balaban J connectivity index is 2.30. The van der Waals surface area contributed by atoms with Crippen LogP contribution in [0.1, 0.15) is 35.9 Å². The molecule has 2 heterocycles. The van der Waals surface area contributed by atoms with Gasteiger partial charge < -0.3 is 10.2 Å². The number of fused-ring (bicyclic) bond motifs is 2. The van der Waals surface area contributed by atoms with Crippen molar-refractivity contribution < 1.29 is 9.59 Å². The molecule has 1 aliphatic heterocycles. The van der Waals surface area contributed by atoms with Crippen molar-refractivity contribution in [3.05, 3.63) is 35.7 Å². The lowest BCUT2D eigenvalue weighted by Crippen LogP contribution is -2.35. The van der Waals surface area contributed by atoms with Gasteiger partial charge in [0.25, 0.3) is 5.91 Å². The van der Waals surface area contributed by atoms with Crippen LogP contribution in [0.3, 0.4) is 0 Å². The van der Waals surface area contributed by atoms with Crippen LogP contribution in [0.2, 0.25) is 0 Å². The molecule has 0 fully saturated rings. The number of aromatic nitrogens is 2. The van der Waals surface area contributed by atoms with Crippen molar-refractivity contribution in [2.24, 2.45) is 7.05 Å². The zero-order valence-corrected chi connectivity index (χ0v) is 15.2. The predicted molar refractivity (Wildman–Crippen MR) is 97.4 cm³/mol. The van der Waals surface area contributed by atoms with Crippen molar-refractivity contribution in [2.45, 2.75) is 19.8 Å². The molecule has 0 saturated carbocycles. The smallest absolute Gasteiger partial charge is 0.276 e. The number of hydrogen-bond acceptors (Lipinski definition) is 4. The molecule has 132 valence electrons. The van der Waals surface area contributed by atoms with Gasteiger partial charge in [-0.15, -0.1) is 0 Å². The number of likely N-dealkylation sites (N-methyl/N-ethyl adjacent to an activating group) is 1. The van der Waals surface area contributed by atoms with Gasteiger partial charge in [-0.2, -0.15) is 5.10 Å². The summed E-state index contributed by atoms with van der Waals surface area (Å²) >= 11 is 0. The summed E-state index contributed by atoms with van der Waals surface area (Å²) in [6.07, 6.45) is 0. The lowest BCUT2D eigenvalue weighted by Gasteiger charge is -2.25. The normalized spacial score (nSPS) is 13.6. The minimum Gasteiger partial charge on any atom is -0.319 e. The van der Waals surface area contributed by atoms with Gasteiger partial charge in [-0.05, 0) is 32.1 Å². The second kappa shape index (κ2) is 6.33. The number of anilines is 3. The van der Waals surface area contributed by atoms with E-state index in [4.69, 9.17) is 0 Å². The second-order valence-corrected chi connectivity index (χ2v) is 6.80. The molecule has 2 aromatic rings. The van der Waals surface area contributed by atoms with E-state index in [1.807, 2.05) is 51.0 Å². The maximum absolute atomic E-state index is 13.1. The molecule has 7 nitrogen and oxygen atoms in total. The van der Waals surface area contributed by atoms with E-state index < -0.39 is 0 Å². The van der Waals surface area contributed by atoms with E-state index >= 15 is 0 Å². The molecule has 0 spiro atoms. The number of aryl methyl sites for hydroxylation is 1. The molecule has 0 aliphatic carbocycles. The Bertz CT molecular complexity index is 838. The van der Waals surface area contributed by atoms with Crippen molar-refractivity contribution in [1.29, 1.82) is 0 Å². The van der Waals surface area contributed by atoms with E-state index in [2.05, 4.69) is 10.4 Å². The molecule has 1 aliphatic rings. The Hall–Kier alpha value is -2.67. The number of benzene rings is 1. The molecular formula is C18H23N5O2. The summed E-state index contributed by atoms with van der Waals surface area (Å²) in [4.78, 5) is 29.3. The Morgan fingerprint density at radius 1 is 1.28 bits per heavy atom. The monoisotopic (exact) mass is 341 g/mol. The highest BCUT2D eigenvalue weighted by molar-refractivity contribution is 6.17. The van der Waals surface area contributed by atoms with E-state index in [1.54, 1.807) is 22.7 Å². The van der Waals surface area contributed by atoms with E-state index in [0.717, 1.165) is 5.69 Å². The summed E-state index contributed by atoms with van der Waals surface area (Å²) in [7, 11) is 5.42. The summed E-state index contributed by atoms with van der Waals surface area (Å²) in [5, 5.41) is 7.42. The third-order valence-corrected chi connectivity index (χ3v) is 4.13. The number of rotatable bonds is 3. The van der Waals surface area contributed by atoms with Gasteiger partial charge in [0, 0.05) is 7.05 Å². The molecule has 1 aromatic heterocycles. The molecule has 3 rings (SSSR count). The van der Waals surface area contributed by atoms with Crippen LogP contribution in [-0.4, -0.2) is 47.1 Å². The molecule has 1 N–H and O–H groups in total. The van der Waals surface area contributed by atoms with Gasteiger partial charge in [0.1, 0.15) is 5.69 Å². The maximum atomic E-state index is 13.1. The van der Waals surface area contributed by atoms with Gasteiger partial charge in [-0.25, -0.2) is 0 Å². The molecular weight excluding hydrogens is 318 g/mol. The van der Waals surface area contributed by atoms with Crippen LogP contribution >= 0.6 is 0 Å². The SMILES string of the molecule is CC(C)c1nn(C)c2c1N(C(=O)CN(C)C)c1ccccc1NC2=O. The molecule has 0 bridgehead atoms. The Morgan fingerprint density at radius 3 is 2.60 bits per heavy atom. The van der Waals surface area contributed by atoms with Gasteiger partial charge in [0.15, 0.2) is 5.69 Å². The number of hydrogen-bond donors (Lipinski definition) is 1.